The quantitative estimate of drug-likeness (QED) is 0.859. The van der Waals surface area contributed by atoms with Crippen molar-refractivity contribution < 1.29 is 8.81 Å². The summed E-state index contributed by atoms with van der Waals surface area (Å²) in [6, 6.07) is 10.5. The predicted octanol–water partition coefficient (Wildman–Crippen LogP) is 2.96. The number of rotatable bonds is 5. The molecule has 1 N–H and O–H groups in total. The second-order valence-corrected chi connectivity index (χ2v) is 4.09. The minimum atomic E-state index is -0.199. The van der Waals surface area contributed by atoms with Crippen LogP contribution in [0.15, 0.2) is 47.1 Å². The minimum Gasteiger partial charge on any atom is -0.469 e. The van der Waals surface area contributed by atoms with Crippen LogP contribution >= 0.6 is 0 Å². The molecule has 0 aliphatic carbocycles. The van der Waals surface area contributed by atoms with Crippen molar-refractivity contribution in [2.24, 2.45) is 0 Å². The first kappa shape index (κ1) is 11.9. The molecule has 17 heavy (non-hydrogen) atoms. The van der Waals surface area contributed by atoms with E-state index < -0.39 is 0 Å². The largest absolute Gasteiger partial charge is 0.469 e. The van der Waals surface area contributed by atoms with Gasteiger partial charge in [0.2, 0.25) is 0 Å². The van der Waals surface area contributed by atoms with Crippen molar-refractivity contribution in [3.63, 3.8) is 0 Å². The molecule has 2 nitrogen and oxygen atoms in total. The summed E-state index contributed by atoms with van der Waals surface area (Å²) in [5.74, 6) is 1.05. The molecule has 0 aliphatic heterocycles. The maximum absolute atomic E-state index is 12.9. The van der Waals surface area contributed by atoms with Crippen LogP contribution in [0.25, 0.3) is 0 Å². The molecular formula is C14H16FNO. The topological polar surface area (TPSA) is 25.2 Å². The molecule has 0 saturated heterocycles. The van der Waals surface area contributed by atoms with E-state index in [4.69, 9.17) is 4.42 Å². The Kier molecular flexibility index (Phi) is 3.94. The lowest BCUT2D eigenvalue weighted by atomic mass is 9.94. The standard InChI is InChI=1S/C14H16FNO/c1-16-10-12(9-14-3-2-8-17-14)11-4-6-13(15)7-5-11/h2-8,12,16H,9-10H2,1H3. The van der Waals surface area contributed by atoms with Gasteiger partial charge < -0.3 is 9.73 Å². The van der Waals surface area contributed by atoms with Gasteiger partial charge in [-0.25, -0.2) is 4.39 Å². The molecule has 0 amide bonds. The molecule has 2 aromatic rings. The van der Waals surface area contributed by atoms with E-state index in [-0.39, 0.29) is 5.82 Å². The van der Waals surface area contributed by atoms with Gasteiger partial charge in [-0.1, -0.05) is 12.1 Å². The van der Waals surface area contributed by atoms with Gasteiger partial charge in [0.25, 0.3) is 0 Å². The van der Waals surface area contributed by atoms with E-state index in [9.17, 15) is 4.39 Å². The van der Waals surface area contributed by atoms with Crippen molar-refractivity contribution in [1.82, 2.24) is 5.32 Å². The van der Waals surface area contributed by atoms with E-state index in [1.807, 2.05) is 31.3 Å². The van der Waals surface area contributed by atoms with Gasteiger partial charge in [-0.3, -0.25) is 0 Å². The van der Waals surface area contributed by atoms with Crippen molar-refractivity contribution in [3.05, 3.63) is 59.8 Å². The first-order valence-corrected chi connectivity index (χ1v) is 5.72. The molecule has 1 atom stereocenters. The monoisotopic (exact) mass is 233 g/mol. The average molecular weight is 233 g/mol. The molecule has 0 saturated carbocycles. The minimum absolute atomic E-state index is 0.199. The summed E-state index contributed by atoms with van der Waals surface area (Å²) in [5, 5.41) is 3.16. The number of hydrogen-bond donors (Lipinski definition) is 1. The SMILES string of the molecule is CNCC(Cc1ccco1)c1ccc(F)cc1. The van der Waals surface area contributed by atoms with Crippen LogP contribution < -0.4 is 5.32 Å². The average Bonchev–Trinajstić information content (AvgIpc) is 2.82. The highest BCUT2D eigenvalue weighted by Crippen LogP contribution is 2.21. The molecule has 90 valence electrons. The van der Waals surface area contributed by atoms with E-state index >= 15 is 0 Å². The normalized spacial score (nSPS) is 12.6. The Balaban J connectivity index is 2.13. The van der Waals surface area contributed by atoms with Crippen molar-refractivity contribution >= 4 is 0 Å². The van der Waals surface area contributed by atoms with Crippen LogP contribution in [0.4, 0.5) is 4.39 Å². The molecule has 0 spiro atoms. The second-order valence-electron chi connectivity index (χ2n) is 4.09. The molecular weight excluding hydrogens is 217 g/mol. The van der Waals surface area contributed by atoms with Crippen molar-refractivity contribution in [3.8, 4) is 0 Å². The first-order valence-electron chi connectivity index (χ1n) is 5.72. The molecule has 0 fully saturated rings. The van der Waals surface area contributed by atoms with Crippen LogP contribution in [0.5, 0.6) is 0 Å². The van der Waals surface area contributed by atoms with Gasteiger partial charge >= 0.3 is 0 Å². The van der Waals surface area contributed by atoms with Gasteiger partial charge in [-0.15, -0.1) is 0 Å². The van der Waals surface area contributed by atoms with Gasteiger partial charge in [-0.05, 0) is 36.9 Å². The van der Waals surface area contributed by atoms with Crippen LogP contribution in [0.1, 0.15) is 17.2 Å². The van der Waals surface area contributed by atoms with Crippen LogP contribution in [0.3, 0.4) is 0 Å². The Hall–Kier alpha value is -1.61. The number of furan rings is 1. The van der Waals surface area contributed by atoms with Gasteiger partial charge in [0.1, 0.15) is 11.6 Å². The number of likely N-dealkylation sites (N-methyl/N-ethyl adjacent to an activating group) is 1. The molecule has 1 unspecified atom stereocenters. The zero-order valence-corrected chi connectivity index (χ0v) is 9.82. The molecule has 2 rings (SSSR count). The Morgan fingerprint density at radius 2 is 2.00 bits per heavy atom. The zero-order valence-electron chi connectivity index (χ0n) is 9.82. The summed E-state index contributed by atoms with van der Waals surface area (Å²) in [7, 11) is 1.92. The molecule has 1 heterocycles. The van der Waals surface area contributed by atoms with Crippen LogP contribution in [0, 0.1) is 5.82 Å². The smallest absolute Gasteiger partial charge is 0.123 e. The first-order chi connectivity index (χ1) is 8.29. The molecule has 0 aliphatic rings. The third-order valence-corrected chi connectivity index (χ3v) is 2.82. The Morgan fingerprint density at radius 1 is 1.24 bits per heavy atom. The lowest BCUT2D eigenvalue weighted by Gasteiger charge is -2.15. The van der Waals surface area contributed by atoms with E-state index in [1.54, 1.807) is 6.26 Å². The summed E-state index contributed by atoms with van der Waals surface area (Å²) in [6.07, 6.45) is 2.50. The highest BCUT2D eigenvalue weighted by atomic mass is 19.1. The van der Waals surface area contributed by atoms with E-state index in [2.05, 4.69) is 5.32 Å². The van der Waals surface area contributed by atoms with Crippen LogP contribution in [-0.4, -0.2) is 13.6 Å². The van der Waals surface area contributed by atoms with E-state index in [0.29, 0.717) is 5.92 Å². The summed E-state index contributed by atoms with van der Waals surface area (Å²) < 4.78 is 18.2. The van der Waals surface area contributed by atoms with Crippen LogP contribution in [-0.2, 0) is 6.42 Å². The van der Waals surface area contributed by atoms with Gasteiger partial charge in [0, 0.05) is 18.9 Å². The van der Waals surface area contributed by atoms with Gasteiger partial charge in [0.15, 0.2) is 0 Å². The van der Waals surface area contributed by atoms with Crippen LogP contribution in [0.2, 0.25) is 0 Å². The third-order valence-electron chi connectivity index (χ3n) is 2.82. The molecule has 1 aromatic carbocycles. The van der Waals surface area contributed by atoms with E-state index in [1.165, 1.54) is 12.1 Å². The molecule has 3 heteroatoms. The fourth-order valence-electron chi connectivity index (χ4n) is 1.96. The van der Waals surface area contributed by atoms with E-state index in [0.717, 1.165) is 24.3 Å². The lowest BCUT2D eigenvalue weighted by molar-refractivity contribution is 0.479. The maximum Gasteiger partial charge on any atom is 0.123 e. The van der Waals surface area contributed by atoms with Crippen molar-refractivity contribution in [2.75, 3.05) is 13.6 Å². The predicted molar refractivity (Wildman–Crippen MR) is 65.5 cm³/mol. The summed E-state index contributed by atoms with van der Waals surface area (Å²) in [6.45, 7) is 0.840. The highest BCUT2D eigenvalue weighted by molar-refractivity contribution is 5.22. The Labute approximate surface area is 100 Å². The summed E-state index contributed by atoms with van der Waals surface area (Å²) in [4.78, 5) is 0. The summed E-state index contributed by atoms with van der Waals surface area (Å²) in [5.41, 5.74) is 1.12. The Bertz CT molecular complexity index is 436. The fourth-order valence-corrected chi connectivity index (χ4v) is 1.96. The van der Waals surface area contributed by atoms with Gasteiger partial charge in [-0.2, -0.15) is 0 Å². The maximum atomic E-state index is 12.9. The number of halogens is 1. The number of hydrogen-bond acceptors (Lipinski definition) is 2. The van der Waals surface area contributed by atoms with Crippen molar-refractivity contribution in [1.29, 1.82) is 0 Å². The second kappa shape index (κ2) is 5.64. The zero-order chi connectivity index (χ0) is 12.1. The number of benzene rings is 1. The number of nitrogens with one attached hydrogen (secondary N) is 1. The Morgan fingerprint density at radius 3 is 2.59 bits per heavy atom. The highest BCUT2D eigenvalue weighted by Gasteiger charge is 2.13. The van der Waals surface area contributed by atoms with Crippen molar-refractivity contribution in [2.45, 2.75) is 12.3 Å². The summed E-state index contributed by atoms with van der Waals surface area (Å²) >= 11 is 0. The molecule has 0 radical (unpaired) electrons. The fraction of sp³-hybridized carbons (Fsp3) is 0.286. The van der Waals surface area contributed by atoms with Gasteiger partial charge in [0.05, 0.1) is 6.26 Å². The lowest BCUT2D eigenvalue weighted by Crippen LogP contribution is -2.19. The molecule has 1 aromatic heterocycles. The third kappa shape index (κ3) is 3.17. The molecule has 0 bridgehead atoms.